The van der Waals surface area contributed by atoms with Gasteiger partial charge in [0.25, 0.3) is 0 Å². The Bertz CT molecular complexity index is 411. The van der Waals surface area contributed by atoms with Crippen molar-refractivity contribution in [1.82, 2.24) is 5.32 Å². The third-order valence-electron chi connectivity index (χ3n) is 3.57. The van der Waals surface area contributed by atoms with Gasteiger partial charge in [0.15, 0.2) is 0 Å². The zero-order chi connectivity index (χ0) is 13.1. The van der Waals surface area contributed by atoms with Crippen molar-refractivity contribution in [3.63, 3.8) is 0 Å². The van der Waals surface area contributed by atoms with Crippen LogP contribution in [0.15, 0.2) is 18.2 Å². The predicted molar refractivity (Wildman–Crippen MR) is 68.2 cm³/mol. The summed E-state index contributed by atoms with van der Waals surface area (Å²) in [6.45, 7) is 4.92. The first-order valence-corrected chi connectivity index (χ1v) is 6.39. The summed E-state index contributed by atoms with van der Waals surface area (Å²) in [4.78, 5) is 0. The number of fused-ring (bicyclic) bond motifs is 1. The fourth-order valence-electron chi connectivity index (χ4n) is 2.08. The quantitative estimate of drug-likeness (QED) is 0.840. The van der Waals surface area contributed by atoms with Gasteiger partial charge in [-0.3, -0.25) is 0 Å². The number of nitrogens with one attached hydrogen (secondary N) is 1. The Labute approximate surface area is 107 Å². The lowest BCUT2D eigenvalue weighted by molar-refractivity contribution is 0.184. The van der Waals surface area contributed by atoms with E-state index < -0.39 is 0 Å². The molecule has 4 heteroatoms. The van der Waals surface area contributed by atoms with Gasteiger partial charge in [-0.2, -0.15) is 0 Å². The van der Waals surface area contributed by atoms with Crippen molar-refractivity contribution in [3.8, 4) is 5.75 Å². The standard InChI is InChI=1S/C14H20FNO2/c1-9(8-17)10(2)16-7-13-6-11-5-12(15)3-4-14(11)18-13/h3-5,9-10,13,16-17H,6-8H2,1-2H3. The number of rotatable bonds is 5. The molecular weight excluding hydrogens is 233 g/mol. The van der Waals surface area contributed by atoms with Crippen molar-refractivity contribution in [2.24, 2.45) is 5.92 Å². The van der Waals surface area contributed by atoms with Gasteiger partial charge < -0.3 is 15.2 Å². The molecule has 1 aromatic carbocycles. The Kier molecular flexibility index (Phi) is 4.19. The van der Waals surface area contributed by atoms with E-state index in [9.17, 15) is 4.39 Å². The summed E-state index contributed by atoms with van der Waals surface area (Å²) >= 11 is 0. The molecule has 1 aliphatic rings. The molecule has 3 nitrogen and oxygen atoms in total. The molecule has 1 aliphatic heterocycles. The fourth-order valence-corrected chi connectivity index (χ4v) is 2.08. The monoisotopic (exact) mass is 253 g/mol. The van der Waals surface area contributed by atoms with Gasteiger partial charge in [-0.05, 0) is 31.0 Å². The third-order valence-corrected chi connectivity index (χ3v) is 3.57. The van der Waals surface area contributed by atoms with Crippen LogP contribution in [0.3, 0.4) is 0 Å². The molecule has 0 radical (unpaired) electrons. The second-order valence-electron chi connectivity index (χ2n) is 5.05. The Morgan fingerprint density at radius 2 is 2.28 bits per heavy atom. The van der Waals surface area contributed by atoms with E-state index in [1.807, 2.05) is 13.8 Å². The lowest BCUT2D eigenvalue weighted by atomic mass is 10.0. The van der Waals surface area contributed by atoms with Crippen LogP contribution in [-0.4, -0.2) is 30.4 Å². The first-order chi connectivity index (χ1) is 8.60. The van der Waals surface area contributed by atoms with E-state index in [2.05, 4.69) is 5.32 Å². The number of halogens is 1. The number of aliphatic hydroxyl groups is 1. The van der Waals surface area contributed by atoms with Crippen LogP contribution in [0.25, 0.3) is 0 Å². The molecule has 1 aromatic rings. The molecule has 0 amide bonds. The number of hydrogen-bond acceptors (Lipinski definition) is 3. The van der Waals surface area contributed by atoms with E-state index in [-0.39, 0.29) is 30.5 Å². The highest BCUT2D eigenvalue weighted by Gasteiger charge is 2.24. The zero-order valence-electron chi connectivity index (χ0n) is 10.8. The molecular formula is C14H20FNO2. The molecule has 18 heavy (non-hydrogen) atoms. The van der Waals surface area contributed by atoms with Gasteiger partial charge in [-0.15, -0.1) is 0 Å². The summed E-state index contributed by atoms with van der Waals surface area (Å²) in [6, 6.07) is 4.88. The van der Waals surface area contributed by atoms with Gasteiger partial charge in [0, 0.05) is 31.2 Å². The Hall–Kier alpha value is -1.13. The van der Waals surface area contributed by atoms with Crippen molar-refractivity contribution in [3.05, 3.63) is 29.6 Å². The van der Waals surface area contributed by atoms with Gasteiger partial charge in [0.2, 0.25) is 0 Å². The number of ether oxygens (including phenoxy) is 1. The molecule has 3 unspecified atom stereocenters. The van der Waals surface area contributed by atoms with Crippen LogP contribution in [0.2, 0.25) is 0 Å². The normalized spacial score (nSPS) is 21.2. The largest absolute Gasteiger partial charge is 0.488 e. The molecule has 3 atom stereocenters. The lowest BCUT2D eigenvalue weighted by Gasteiger charge is -2.21. The van der Waals surface area contributed by atoms with Gasteiger partial charge in [-0.1, -0.05) is 6.92 Å². The lowest BCUT2D eigenvalue weighted by Crippen LogP contribution is -2.40. The number of aliphatic hydroxyl groups excluding tert-OH is 1. The van der Waals surface area contributed by atoms with Gasteiger partial charge in [0.1, 0.15) is 17.7 Å². The molecule has 0 saturated carbocycles. The Morgan fingerprint density at radius 1 is 1.50 bits per heavy atom. The van der Waals surface area contributed by atoms with E-state index in [4.69, 9.17) is 9.84 Å². The number of benzene rings is 1. The highest BCUT2D eigenvalue weighted by Crippen LogP contribution is 2.28. The zero-order valence-corrected chi connectivity index (χ0v) is 10.8. The molecule has 0 spiro atoms. The molecule has 2 rings (SSSR count). The second-order valence-corrected chi connectivity index (χ2v) is 5.05. The summed E-state index contributed by atoms with van der Waals surface area (Å²) in [6.07, 6.45) is 0.787. The van der Waals surface area contributed by atoms with Crippen LogP contribution < -0.4 is 10.1 Å². The Morgan fingerprint density at radius 3 is 3.00 bits per heavy atom. The van der Waals surface area contributed by atoms with Crippen molar-refractivity contribution >= 4 is 0 Å². The molecule has 1 heterocycles. The van der Waals surface area contributed by atoms with Gasteiger partial charge in [0.05, 0.1) is 0 Å². The SMILES string of the molecule is CC(CO)C(C)NCC1Cc2cc(F)ccc2O1. The maximum atomic E-state index is 13.1. The first kappa shape index (κ1) is 13.3. The summed E-state index contributed by atoms with van der Waals surface area (Å²) in [5.41, 5.74) is 0.935. The van der Waals surface area contributed by atoms with Crippen molar-refractivity contribution in [2.75, 3.05) is 13.2 Å². The minimum Gasteiger partial charge on any atom is -0.488 e. The van der Waals surface area contributed by atoms with Gasteiger partial charge >= 0.3 is 0 Å². The summed E-state index contributed by atoms with van der Waals surface area (Å²) in [5.74, 6) is 0.783. The van der Waals surface area contributed by atoms with E-state index in [0.717, 1.165) is 17.7 Å². The summed E-state index contributed by atoms with van der Waals surface area (Å²) in [5, 5.41) is 12.4. The third kappa shape index (κ3) is 3.00. The van der Waals surface area contributed by atoms with Crippen LogP contribution in [0.4, 0.5) is 4.39 Å². The topological polar surface area (TPSA) is 41.5 Å². The molecule has 100 valence electrons. The predicted octanol–water partition coefficient (Wildman–Crippen LogP) is 1.74. The molecule has 0 aromatic heterocycles. The van der Waals surface area contributed by atoms with Crippen molar-refractivity contribution in [2.45, 2.75) is 32.4 Å². The van der Waals surface area contributed by atoms with E-state index in [1.54, 1.807) is 6.07 Å². The summed E-state index contributed by atoms with van der Waals surface area (Å²) in [7, 11) is 0. The average molecular weight is 253 g/mol. The minimum absolute atomic E-state index is 0.0511. The average Bonchev–Trinajstić information content (AvgIpc) is 2.76. The minimum atomic E-state index is -0.215. The van der Waals surface area contributed by atoms with Crippen LogP contribution >= 0.6 is 0 Å². The van der Waals surface area contributed by atoms with E-state index in [0.29, 0.717) is 6.54 Å². The van der Waals surface area contributed by atoms with Crippen molar-refractivity contribution < 1.29 is 14.2 Å². The first-order valence-electron chi connectivity index (χ1n) is 6.39. The Balaban J connectivity index is 1.85. The van der Waals surface area contributed by atoms with E-state index >= 15 is 0 Å². The van der Waals surface area contributed by atoms with Gasteiger partial charge in [-0.25, -0.2) is 4.39 Å². The maximum Gasteiger partial charge on any atom is 0.123 e. The number of hydrogen-bond donors (Lipinski definition) is 2. The molecule has 0 saturated heterocycles. The van der Waals surface area contributed by atoms with Crippen LogP contribution in [0.1, 0.15) is 19.4 Å². The second kappa shape index (κ2) is 5.67. The fraction of sp³-hybridized carbons (Fsp3) is 0.571. The molecule has 2 N–H and O–H groups in total. The van der Waals surface area contributed by atoms with Crippen LogP contribution in [0, 0.1) is 11.7 Å². The van der Waals surface area contributed by atoms with E-state index in [1.165, 1.54) is 12.1 Å². The highest BCUT2D eigenvalue weighted by molar-refractivity contribution is 5.37. The smallest absolute Gasteiger partial charge is 0.123 e. The summed E-state index contributed by atoms with van der Waals surface area (Å²) < 4.78 is 18.8. The van der Waals surface area contributed by atoms with Crippen LogP contribution in [-0.2, 0) is 6.42 Å². The molecule has 0 bridgehead atoms. The molecule has 0 aliphatic carbocycles. The molecule has 0 fully saturated rings. The van der Waals surface area contributed by atoms with Crippen molar-refractivity contribution in [1.29, 1.82) is 0 Å². The highest BCUT2D eigenvalue weighted by atomic mass is 19.1. The van der Waals surface area contributed by atoms with Crippen LogP contribution in [0.5, 0.6) is 5.75 Å². The maximum absolute atomic E-state index is 13.1.